The van der Waals surface area contributed by atoms with Gasteiger partial charge in [0.1, 0.15) is 25.1 Å². The van der Waals surface area contributed by atoms with Crippen LogP contribution in [0, 0.1) is 0 Å². The van der Waals surface area contributed by atoms with Crippen molar-refractivity contribution < 1.29 is 28.5 Å². The molecule has 0 saturated carbocycles. The van der Waals surface area contributed by atoms with Crippen molar-refractivity contribution in [2.24, 2.45) is 0 Å². The zero-order valence-corrected chi connectivity index (χ0v) is 17.4. The Morgan fingerprint density at radius 3 is 2.55 bits per heavy atom. The van der Waals surface area contributed by atoms with Crippen molar-refractivity contribution >= 4 is 17.7 Å². The summed E-state index contributed by atoms with van der Waals surface area (Å²) in [6, 6.07) is 15.6. The zero-order valence-electron chi connectivity index (χ0n) is 17.4. The number of nitrogens with one attached hydrogen (secondary N) is 1. The second-order valence-corrected chi connectivity index (χ2v) is 6.64. The standard InChI is InChI=1S/C24H25NO6/c1-3-5-17-7-12-21(23(14-17)28-2)31-16-19(26)15-30-20-10-8-18(9-11-20)25-24(27)22-6-4-13-29-22/h3-14,19,26H,15-16H2,1-2H3,(H,25,27)/b5-3+/t19-/m1/s1. The Kier molecular flexibility index (Phi) is 7.73. The Bertz CT molecular complexity index is 995. The van der Waals surface area contributed by atoms with E-state index in [-0.39, 0.29) is 24.9 Å². The van der Waals surface area contributed by atoms with E-state index in [1.807, 2.05) is 31.2 Å². The number of hydrogen-bond donors (Lipinski definition) is 2. The Morgan fingerprint density at radius 1 is 1.10 bits per heavy atom. The third-order valence-electron chi connectivity index (χ3n) is 4.28. The Labute approximate surface area is 180 Å². The highest BCUT2D eigenvalue weighted by atomic mass is 16.5. The molecule has 31 heavy (non-hydrogen) atoms. The highest BCUT2D eigenvalue weighted by Gasteiger charge is 2.11. The summed E-state index contributed by atoms with van der Waals surface area (Å²) in [7, 11) is 1.57. The van der Waals surface area contributed by atoms with Gasteiger partial charge in [-0.3, -0.25) is 4.79 Å². The second kappa shape index (κ2) is 10.9. The van der Waals surface area contributed by atoms with E-state index >= 15 is 0 Å². The highest BCUT2D eigenvalue weighted by molar-refractivity contribution is 6.02. The summed E-state index contributed by atoms with van der Waals surface area (Å²) in [6.07, 6.45) is 4.51. The molecule has 1 heterocycles. The van der Waals surface area contributed by atoms with E-state index in [1.54, 1.807) is 49.6 Å². The van der Waals surface area contributed by atoms with Gasteiger partial charge in [-0.25, -0.2) is 0 Å². The molecule has 0 fully saturated rings. The summed E-state index contributed by atoms with van der Waals surface area (Å²) < 4.78 is 21.7. The fourth-order valence-corrected chi connectivity index (χ4v) is 2.76. The molecular weight excluding hydrogens is 398 g/mol. The van der Waals surface area contributed by atoms with E-state index in [9.17, 15) is 9.90 Å². The van der Waals surface area contributed by atoms with Gasteiger partial charge >= 0.3 is 0 Å². The van der Waals surface area contributed by atoms with Gasteiger partial charge in [0.15, 0.2) is 17.3 Å². The molecule has 0 aliphatic carbocycles. The number of amides is 1. The van der Waals surface area contributed by atoms with Crippen molar-refractivity contribution in [3.8, 4) is 17.2 Å². The summed E-state index contributed by atoms with van der Waals surface area (Å²) in [5, 5.41) is 12.9. The SMILES string of the molecule is C/C=C/c1ccc(OC[C@H](O)COc2ccc(NC(=O)c3ccco3)cc2)c(OC)c1. The molecule has 7 heteroatoms. The molecule has 0 unspecified atom stereocenters. The van der Waals surface area contributed by atoms with Crippen LogP contribution < -0.4 is 19.5 Å². The Balaban J connectivity index is 1.46. The minimum absolute atomic E-state index is 0.0522. The molecule has 7 nitrogen and oxygen atoms in total. The molecule has 3 rings (SSSR count). The van der Waals surface area contributed by atoms with Crippen molar-refractivity contribution in [2.75, 3.05) is 25.6 Å². The van der Waals surface area contributed by atoms with Gasteiger partial charge in [-0.15, -0.1) is 0 Å². The zero-order chi connectivity index (χ0) is 22.1. The number of rotatable bonds is 10. The lowest BCUT2D eigenvalue weighted by molar-refractivity contribution is 0.0617. The number of carbonyl (C=O) groups is 1. The molecule has 0 spiro atoms. The first-order valence-corrected chi connectivity index (χ1v) is 9.78. The van der Waals surface area contributed by atoms with Crippen molar-refractivity contribution in [1.82, 2.24) is 0 Å². The smallest absolute Gasteiger partial charge is 0.291 e. The van der Waals surface area contributed by atoms with Crippen molar-refractivity contribution in [1.29, 1.82) is 0 Å². The number of furan rings is 1. The average Bonchev–Trinajstić information content (AvgIpc) is 3.33. The number of hydrogen-bond acceptors (Lipinski definition) is 6. The van der Waals surface area contributed by atoms with E-state index in [0.717, 1.165) is 5.56 Å². The number of allylic oxidation sites excluding steroid dienone is 1. The first-order valence-electron chi connectivity index (χ1n) is 9.78. The van der Waals surface area contributed by atoms with Gasteiger partial charge in [-0.2, -0.15) is 0 Å². The normalized spacial score (nSPS) is 11.8. The molecule has 162 valence electrons. The summed E-state index contributed by atoms with van der Waals surface area (Å²) in [4.78, 5) is 12.0. The molecule has 2 N–H and O–H groups in total. The van der Waals surface area contributed by atoms with Crippen LogP contribution in [0.3, 0.4) is 0 Å². The number of aliphatic hydroxyl groups excluding tert-OH is 1. The molecule has 1 amide bonds. The van der Waals surface area contributed by atoms with Crippen molar-refractivity contribution in [3.05, 3.63) is 78.3 Å². The quantitative estimate of drug-likeness (QED) is 0.503. The van der Waals surface area contributed by atoms with Crippen molar-refractivity contribution in [3.63, 3.8) is 0 Å². The summed E-state index contributed by atoms with van der Waals surface area (Å²) in [5.74, 6) is 1.60. The fraction of sp³-hybridized carbons (Fsp3) is 0.208. The average molecular weight is 423 g/mol. The van der Waals surface area contributed by atoms with Crippen LogP contribution in [0.15, 0.2) is 71.4 Å². The van der Waals surface area contributed by atoms with Gasteiger partial charge in [0, 0.05) is 5.69 Å². The largest absolute Gasteiger partial charge is 0.493 e. The molecule has 1 atom stereocenters. The number of methoxy groups -OCH3 is 1. The molecule has 2 aromatic carbocycles. The first kappa shape index (κ1) is 22.0. The monoisotopic (exact) mass is 423 g/mol. The molecule has 1 aromatic heterocycles. The van der Waals surface area contributed by atoms with E-state index in [1.165, 1.54) is 6.26 Å². The minimum Gasteiger partial charge on any atom is -0.493 e. The van der Waals surface area contributed by atoms with Crippen LogP contribution in [-0.4, -0.2) is 37.4 Å². The van der Waals surface area contributed by atoms with Crippen LogP contribution in [0.1, 0.15) is 23.0 Å². The molecule has 0 aliphatic heterocycles. The maximum Gasteiger partial charge on any atom is 0.291 e. The summed E-state index contributed by atoms with van der Waals surface area (Å²) in [5.41, 5.74) is 1.60. The van der Waals surface area contributed by atoms with Crippen molar-refractivity contribution in [2.45, 2.75) is 13.0 Å². The van der Waals surface area contributed by atoms with Crippen LogP contribution in [-0.2, 0) is 0 Å². The van der Waals surface area contributed by atoms with Gasteiger partial charge in [0.2, 0.25) is 0 Å². The predicted molar refractivity (Wildman–Crippen MR) is 118 cm³/mol. The number of carbonyl (C=O) groups excluding carboxylic acids is 1. The van der Waals surface area contributed by atoms with Crippen LogP contribution in [0.2, 0.25) is 0 Å². The lowest BCUT2D eigenvalue weighted by Gasteiger charge is -2.16. The number of benzene rings is 2. The number of anilines is 1. The topological polar surface area (TPSA) is 90.2 Å². The molecule has 0 saturated heterocycles. The maximum absolute atomic E-state index is 12.0. The van der Waals surface area contributed by atoms with Crippen LogP contribution in [0.25, 0.3) is 6.08 Å². The van der Waals surface area contributed by atoms with E-state index in [2.05, 4.69) is 5.32 Å². The Morgan fingerprint density at radius 2 is 1.87 bits per heavy atom. The third-order valence-corrected chi connectivity index (χ3v) is 4.28. The molecule has 0 radical (unpaired) electrons. The van der Waals surface area contributed by atoms with Gasteiger partial charge in [0.05, 0.1) is 13.4 Å². The first-order chi connectivity index (χ1) is 15.1. The Hall–Kier alpha value is -3.71. The lowest BCUT2D eigenvalue weighted by Crippen LogP contribution is -2.25. The molecular formula is C24H25NO6. The van der Waals surface area contributed by atoms with E-state index < -0.39 is 6.10 Å². The number of aliphatic hydroxyl groups is 1. The van der Waals surface area contributed by atoms with E-state index in [4.69, 9.17) is 18.6 Å². The molecule has 0 aliphatic rings. The van der Waals surface area contributed by atoms with E-state index in [0.29, 0.717) is 22.9 Å². The van der Waals surface area contributed by atoms with Crippen LogP contribution in [0.5, 0.6) is 17.2 Å². The lowest BCUT2D eigenvalue weighted by atomic mass is 10.2. The van der Waals surface area contributed by atoms with Gasteiger partial charge < -0.3 is 29.1 Å². The maximum atomic E-state index is 12.0. The predicted octanol–water partition coefficient (Wildman–Crippen LogP) is 4.39. The van der Waals surface area contributed by atoms with Crippen LogP contribution >= 0.6 is 0 Å². The van der Waals surface area contributed by atoms with Gasteiger partial charge in [0.25, 0.3) is 5.91 Å². The third kappa shape index (κ3) is 6.38. The summed E-state index contributed by atoms with van der Waals surface area (Å²) >= 11 is 0. The number of ether oxygens (including phenoxy) is 3. The minimum atomic E-state index is -0.835. The molecule has 3 aromatic rings. The van der Waals surface area contributed by atoms with Gasteiger partial charge in [-0.05, 0) is 61.0 Å². The van der Waals surface area contributed by atoms with Crippen LogP contribution in [0.4, 0.5) is 5.69 Å². The highest BCUT2D eigenvalue weighted by Crippen LogP contribution is 2.28. The summed E-state index contributed by atoms with van der Waals surface area (Å²) in [6.45, 7) is 2.05. The van der Waals surface area contributed by atoms with Gasteiger partial charge in [-0.1, -0.05) is 18.2 Å². The molecule has 0 bridgehead atoms. The second-order valence-electron chi connectivity index (χ2n) is 6.64. The fourth-order valence-electron chi connectivity index (χ4n) is 2.76.